The molecule has 2 aromatic rings. The van der Waals surface area contributed by atoms with Crippen molar-refractivity contribution >= 4 is 16.9 Å². The van der Waals surface area contributed by atoms with E-state index in [-0.39, 0.29) is 0 Å². The first-order chi connectivity index (χ1) is 7.74. The Morgan fingerprint density at radius 2 is 2.12 bits per heavy atom. The van der Waals surface area contributed by atoms with E-state index in [9.17, 15) is 0 Å². The highest BCUT2D eigenvalue weighted by Crippen LogP contribution is 2.22. The van der Waals surface area contributed by atoms with Gasteiger partial charge < -0.3 is 10.3 Å². The number of nitrogens with two attached hydrogens (primary N) is 1. The molecule has 84 valence electrons. The van der Waals surface area contributed by atoms with Crippen LogP contribution in [0.5, 0.6) is 0 Å². The van der Waals surface area contributed by atoms with E-state index in [0.29, 0.717) is 12.4 Å². The number of hydrogen-bond acceptors (Lipinski definition) is 3. The van der Waals surface area contributed by atoms with Gasteiger partial charge in [0, 0.05) is 6.20 Å². The predicted octanol–water partition coefficient (Wildman–Crippen LogP) is 1.98. The first-order valence-electron chi connectivity index (χ1n) is 5.23. The van der Waals surface area contributed by atoms with Crippen LogP contribution in [0.2, 0.25) is 0 Å². The molecule has 0 aliphatic heterocycles. The van der Waals surface area contributed by atoms with Gasteiger partial charge in [0.05, 0.1) is 11.9 Å². The molecule has 16 heavy (non-hydrogen) atoms. The molecule has 0 bridgehead atoms. The van der Waals surface area contributed by atoms with Crippen molar-refractivity contribution < 1.29 is 0 Å². The molecule has 4 nitrogen and oxygen atoms in total. The maximum Gasteiger partial charge on any atom is 0.146 e. The minimum atomic E-state index is 0.501. The molecule has 0 fully saturated rings. The molecule has 0 aromatic carbocycles. The molecule has 2 rings (SSSR count). The lowest BCUT2D eigenvalue weighted by atomic mass is 10.2. The van der Waals surface area contributed by atoms with Gasteiger partial charge in [-0.3, -0.25) is 0 Å². The van der Waals surface area contributed by atoms with Crippen molar-refractivity contribution in [3.05, 3.63) is 18.1 Å². The average molecular weight is 216 g/mol. The maximum atomic E-state index is 5.75. The molecular formula is C12H16N4. The molecule has 0 saturated carbocycles. The molecule has 0 unspecified atom stereocenters. The van der Waals surface area contributed by atoms with E-state index >= 15 is 0 Å². The Bertz CT molecular complexity index is 520. The van der Waals surface area contributed by atoms with Crippen molar-refractivity contribution in [2.45, 2.75) is 27.3 Å². The zero-order chi connectivity index (χ0) is 12.1. The second kappa shape index (κ2) is 5.17. The third kappa shape index (κ3) is 1.98. The van der Waals surface area contributed by atoms with Gasteiger partial charge in [-0.15, -0.1) is 6.42 Å². The summed E-state index contributed by atoms with van der Waals surface area (Å²) in [4.78, 5) is 8.10. The summed E-state index contributed by atoms with van der Waals surface area (Å²) in [5.74, 6) is 3.07. The van der Waals surface area contributed by atoms with Crippen molar-refractivity contribution in [1.82, 2.24) is 14.5 Å². The summed E-state index contributed by atoms with van der Waals surface area (Å²) in [5.41, 5.74) is 7.60. The number of aryl methyl sites for hydroxylation is 1. The second-order valence-electron chi connectivity index (χ2n) is 3.10. The lowest BCUT2D eigenvalue weighted by molar-refractivity contribution is 0.866. The fourth-order valence-corrected chi connectivity index (χ4v) is 1.56. The second-order valence-corrected chi connectivity index (χ2v) is 3.10. The Hall–Kier alpha value is -2.02. The molecular weight excluding hydrogens is 200 g/mol. The van der Waals surface area contributed by atoms with Crippen molar-refractivity contribution in [2.24, 2.45) is 0 Å². The number of terminal acetylenes is 1. The minimum Gasteiger partial charge on any atom is -0.383 e. The van der Waals surface area contributed by atoms with Crippen LogP contribution in [-0.2, 0) is 6.54 Å². The van der Waals surface area contributed by atoms with Crippen LogP contribution in [0.3, 0.4) is 0 Å². The summed E-state index contributed by atoms with van der Waals surface area (Å²) < 4.78 is 1.89. The SMILES string of the molecule is C#CCn1cc(C)c2c(N)ncnc21.CC. The van der Waals surface area contributed by atoms with Crippen LogP contribution in [-0.4, -0.2) is 14.5 Å². The summed E-state index contributed by atoms with van der Waals surface area (Å²) in [6.07, 6.45) is 8.64. The maximum absolute atomic E-state index is 5.75. The van der Waals surface area contributed by atoms with E-state index < -0.39 is 0 Å². The van der Waals surface area contributed by atoms with Crippen molar-refractivity contribution in [2.75, 3.05) is 5.73 Å². The van der Waals surface area contributed by atoms with Crippen LogP contribution in [0.1, 0.15) is 19.4 Å². The minimum absolute atomic E-state index is 0.501. The number of aromatic nitrogens is 3. The molecule has 0 aliphatic rings. The first kappa shape index (κ1) is 12.1. The normalized spacial score (nSPS) is 9.38. The third-order valence-electron chi connectivity index (χ3n) is 2.13. The summed E-state index contributed by atoms with van der Waals surface area (Å²) >= 11 is 0. The average Bonchev–Trinajstić information content (AvgIpc) is 2.61. The van der Waals surface area contributed by atoms with Crippen LogP contribution >= 0.6 is 0 Å². The van der Waals surface area contributed by atoms with Gasteiger partial charge in [-0.1, -0.05) is 19.8 Å². The van der Waals surface area contributed by atoms with Gasteiger partial charge in [0.25, 0.3) is 0 Å². The lowest BCUT2D eigenvalue weighted by Crippen LogP contribution is -1.97. The highest BCUT2D eigenvalue weighted by molar-refractivity contribution is 5.89. The van der Waals surface area contributed by atoms with E-state index in [1.54, 1.807) is 0 Å². The molecule has 0 amide bonds. The Balaban J connectivity index is 0.000000606. The molecule has 2 aromatic heterocycles. The quantitative estimate of drug-likeness (QED) is 0.741. The van der Waals surface area contributed by atoms with E-state index in [4.69, 9.17) is 12.2 Å². The molecule has 4 heteroatoms. The number of fused-ring (bicyclic) bond motifs is 1. The summed E-state index contributed by atoms with van der Waals surface area (Å²) in [6.45, 7) is 6.47. The molecule has 0 saturated heterocycles. The summed E-state index contributed by atoms with van der Waals surface area (Å²) in [5, 5.41) is 0.891. The number of anilines is 1. The van der Waals surface area contributed by atoms with Gasteiger partial charge in [-0.2, -0.15) is 0 Å². The van der Waals surface area contributed by atoms with E-state index in [0.717, 1.165) is 16.6 Å². The monoisotopic (exact) mass is 216 g/mol. The topological polar surface area (TPSA) is 56.7 Å². The highest BCUT2D eigenvalue weighted by atomic mass is 15.1. The third-order valence-corrected chi connectivity index (χ3v) is 2.13. The lowest BCUT2D eigenvalue weighted by Gasteiger charge is -1.98. The number of nitrogen functional groups attached to an aromatic ring is 1. The van der Waals surface area contributed by atoms with Crippen molar-refractivity contribution in [3.8, 4) is 12.3 Å². The van der Waals surface area contributed by atoms with E-state index in [2.05, 4.69) is 15.9 Å². The number of nitrogens with zero attached hydrogens (tertiary/aromatic N) is 3. The van der Waals surface area contributed by atoms with E-state index in [1.807, 2.05) is 31.5 Å². The number of hydrogen-bond donors (Lipinski definition) is 1. The fraction of sp³-hybridized carbons (Fsp3) is 0.333. The Morgan fingerprint density at radius 3 is 2.75 bits per heavy atom. The van der Waals surface area contributed by atoms with Gasteiger partial charge >= 0.3 is 0 Å². The highest BCUT2D eigenvalue weighted by Gasteiger charge is 2.08. The number of rotatable bonds is 1. The standard InChI is InChI=1S/C10H10N4.C2H6/c1-3-4-14-5-7(2)8-9(11)12-6-13-10(8)14;1-2/h1,5-6H,4H2,2H3,(H2,11,12,13);1-2H3. The molecule has 0 atom stereocenters. The van der Waals surface area contributed by atoms with Crippen LogP contribution in [0.15, 0.2) is 12.5 Å². The van der Waals surface area contributed by atoms with Crippen LogP contribution in [0.4, 0.5) is 5.82 Å². The molecule has 0 aliphatic carbocycles. The van der Waals surface area contributed by atoms with Gasteiger partial charge in [-0.25, -0.2) is 9.97 Å². The smallest absolute Gasteiger partial charge is 0.146 e. The van der Waals surface area contributed by atoms with Gasteiger partial charge in [0.1, 0.15) is 17.8 Å². The van der Waals surface area contributed by atoms with E-state index in [1.165, 1.54) is 6.33 Å². The van der Waals surface area contributed by atoms with Gasteiger partial charge in [0.2, 0.25) is 0 Å². The predicted molar refractivity (Wildman–Crippen MR) is 66.9 cm³/mol. The Morgan fingerprint density at radius 1 is 1.44 bits per heavy atom. The Labute approximate surface area is 95.5 Å². The molecule has 0 spiro atoms. The first-order valence-corrected chi connectivity index (χ1v) is 5.23. The van der Waals surface area contributed by atoms with Gasteiger partial charge in [-0.05, 0) is 12.5 Å². The Kier molecular flexibility index (Phi) is 3.90. The zero-order valence-electron chi connectivity index (χ0n) is 9.86. The molecule has 2 N–H and O–H groups in total. The van der Waals surface area contributed by atoms with Crippen molar-refractivity contribution in [1.29, 1.82) is 0 Å². The largest absolute Gasteiger partial charge is 0.383 e. The summed E-state index contributed by atoms with van der Waals surface area (Å²) in [6, 6.07) is 0. The fourth-order valence-electron chi connectivity index (χ4n) is 1.56. The molecule has 2 heterocycles. The van der Waals surface area contributed by atoms with Crippen molar-refractivity contribution in [3.63, 3.8) is 0 Å². The van der Waals surface area contributed by atoms with Crippen LogP contribution in [0, 0.1) is 19.3 Å². The van der Waals surface area contributed by atoms with Gasteiger partial charge in [0.15, 0.2) is 0 Å². The van der Waals surface area contributed by atoms with Crippen LogP contribution in [0.25, 0.3) is 11.0 Å². The summed E-state index contributed by atoms with van der Waals surface area (Å²) in [7, 11) is 0. The van der Waals surface area contributed by atoms with Crippen LogP contribution < -0.4 is 5.73 Å². The molecule has 0 radical (unpaired) electrons. The zero-order valence-corrected chi connectivity index (χ0v) is 9.86.